The zero-order valence-corrected chi connectivity index (χ0v) is 7.65. The molecule has 0 rings (SSSR count). The summed E-state index contributed by atoms with van der Waals surface area (Å²) in [6.45, 7) is 8.61. The van der Waals surface area contributed by atoms with Crippen LogP contribution in [0.1, 0.15) is 27.7 Å². The summed E-state index contributed by atoms with van der Waals surface area (Å²) >= 11 is 0. The van der Waals surface area contributed by atoms with Crippen molar-refractivity contribution in [1.29, 1.82) is 0 Å². The summed E-state index contributed by atoms with van der Waals surface area (Å²) in [5, 5.41) is 3.31. The first-order valence-electron chi connectivity index (χ1n) is 2.89. The van der Waals surface area contributed by atoms with Crippen LogP contribution in [0.2, 0.25) is 0 Å². The van der Waals surface area contributed by atoms with Crippen LogP contribution in [0.5, 0.6) is 0 Å². The van der Waals surface area contributed by atoms with Crippen LogP contribution in [-0.4, -0.2) is 12.1 Å². The Hall–Kier alpha value is 1.15. The fourth-order valence-electron chi connectivity index (χ4n) is 0.667. The fraction of sp³-hybridized carbons (Fsp3) is 1.00. The van der Waals surface area contributed by atoms with Gasteiger partial charge in [0.05, 0.1) is 0 Å². The van der Waals surface area contributed by atoms with Gasteiger partial charge >= 0.3 is 37.7 Å². The third kappa shape index (κ3) is 17.6. The molecule has 0 aromatic heterocycles. The van der Waals surface area contributed by atoms with Crippen molar-refractivity contribution in [3.63, 3.8) is 0 Å². The zero-order valence-electron chi connectivity index (χ0n) is 7.65. The molecule has 44 valence electrons. The van der Waals surface area contributed by atoms with Crippen molar-refractivity contribution in [3.05, 3.63) is 0 Å². The molecule has 0 atom stereocenters. The molecular formula is C6H15Li2N+2. The molecule has 0 saturated heterocycles. The van der Waals surface area contributed by atoms with Crippen LogP contribution in [0.15, 0.2) is 0 Å². The van der Waals surface area contributed by atoms with Gasteiger partial charge in [-0.2, -0.15) is 0 Å². The molecule has 0 saturated carbocycles. The Kier molecular flexibility index (Phi) is 16.9. The Morgan fingerprint density at radius 3 is 1.00 bits per heavy atom. The monoisotopic (exact) mass is 115 g/mol. The number of hydrogen-bond donors (Lipinski definition) is 1. The van der Waals surface area contributed by atoms with E-state index in [1.165, 1.54) is 0 Å². The minimum Gasteiger partial charge on any atom is -0.312 e. The molecule has 0 radical (unpaired) electrons. The second kappa shape index (κ2) is 9.15. The summed E-state index contributed by atoms with van der Waals surface area (Å²) in [5.74, 6) is 0. The Bertz CT molecular complexity index is 40.3. The Balaban J connectivity index is -0.000000180. The zero-order chi connectivity index (χ0) is 5.86. The summed E-state index contributed by atoms with van der Waals surface area (Å²) in [4.78, 5) is 0. The first-order valence-corrected chi connectivity index (χ1v) is 2.89. The van der Waals surface area contributed by atoms with E-state index in [4.69, 9.17) is 0 Å². The number of hydrogen-bond acceptors (Lipinski definition) is 1. The third-order valence-corrected chi connectivity index (χ3v) is 0.667. The minimum atomic E-state index is 0. The van der Waals surface area contributed by atoms with Gasteiger partial charge in [-0.05, 0) is 0 Å². The average Bonchev–Trinajstić information content (AvgIpc) is 1.27. The Morgan fingerprint density at radius 2 is 1.00 bits per heavy atom. The van der Waals surface area contributed by atoms with Gasteiger partial charge in [0.2, 0.25) is 0 Å². The van der Waals surface area contributed by atoms with E-state index in [2.05, 4.69) is 33.0 Å². The Labute approximate surface area is 82.7 Å². The number of rotatable bonds is 2. The van der Waals surface area contributed by atoms with Gasteiger partial charge in [-0.3, -0.25) is 0 Å². The summed E-state index contributed by atoms with van der Waals surface area (Å²) in [5.41, 5.74) is 0. The molecule has 0 amide bonds. The fourth-order valence-corrected chi connectivity index (χ4v) is 0.667. The first kappa shape index (κ1) is 16.6. The molecule has 0 aliphatic heterocycles. The quantitative estimate of drug-likeness (QED) is 0.357. The van der Waals surface area contributed by atoms with Crippen molar-refractivity contribution < 1.29 is 37.7 Å². The van der Waals surface area contributed by atoms with Crippen molar-refractivity contribution in [2.75, 3.05) is 0 Å². The van der Waals surface area contributed by atoms with E-state index < -0.39 is 0 Å². The van der Waals surface area contributed by atoms with Gasteiger partial charge in [0, 0.05) is 12.1 Å². The molecule has 0 bridgehead atoms. The van der Waals surface area contributed by atoms with Crippen LogP contribution in [0, 0.1) is 0 Å². The molecule has 0 aromatic carbocycles. The van der Waals surface area contributed by atoms with Crippen LogP contribution in [0.25, 0.3) is 0 Å². The number of nitrogens with one attached hydrogen (secondary N) is 1. The normalized spacial score (nSPS) is 8.67. The van der Waals surface area contributed by atoms with E-state index in [1.54, 1.807) is 0 Å². The third-order valence-electron chi connectivity index (χ3n) is 0.667. The van der Waals surface area contributed by atoms with Crippen LogP contribution in [-0.2, 0) is 0 Å². The van der Waals surface area contributed by atoms with Crippen molar-refractivity contribution in [2.24, 2.45) is 0 Å². The van der Waals surface area contributed by atoms with E-state index in [0.29, 0.717) is 12.1 Å². The second-order valence-corrected chi connectivity index (χ2v) is 2.48. The summed E-state index contributed by atoms with van der Waals surface area (Å²) in [7, 11) is 0. The Morgan fingerprint density at radius 1 is 0.778 bits per heavy atom. The van der Waals surface area contributed by atoms with Crippen LogP contribution in [0.4, 0.5) is 0 Å². The maximum Gasteiger partial charge on any atom is 1.00 e. The molecule has 3 heteroatoms. The van der Waals surface area contributed by atoms with Gasteiger partial charge in [-0.25, -0.2) is 0 Å². The molecule has 0 unspecified atom stereocenters. The summed E-state index contributed by atoms with van der Waals surface area (Å²) in [6.07, 6.45) is 0. The van der Waals surface area contributed by atoms with Gasteiger partial charge in [0.15, 0.2) is 0 Å². The van der Waals surface area contributed by atoms with Gasteiger partial charge in [-0.1, -0.05) is 27.7 Å². The molecule has 0 aromatic rings. The van der Waals surface area contributed by atoms with Crippen LogP contribution >= 0.6 is 0 Å². The van der Waals surface area contributed by atoms with Crippen molar-refractivity contribution in [3.8, 4) is 0 Å². The van der Waals surface area contributed by atoms with E-state index in [1.807, 2.05) is 0 Å². The maximum absolute atomic E-state index is 3.31. The molecule has 9 heavy (non-hydrogen) atoms. The second-order valence-electron chi connectivity index (χ2n) is 2.48. The van der Waals surface area contributed by atoms with E-state index in [9.17, 15) is 0 Å². The maximum atomic E-state index is 3.31. The van der Waals surface area contributed by atoms with Gasteiger partial charge < -0.3 is 5.32 Å². The molecular weight excluding hydrogens is 100.0 g/mol. The van der Waals surface area contributed by atoms with Crippen molar-refractivity contribution in [2.45, 2.75) is 39.8 Å². The molecule has 0 heterocycles. The first-order chi connectivity index (χ1) is 3.13. The molecule has 0 spiro atoms. The van der Waals surface area contributed by atoms with Crippen LogP contribution in [0.3, 0.4) is 0 Å². The summed E-state index contributed by atoms with van der Waals surface area (Å²) < 4.78 is 0. The van der Waals surface area contributed by atoms with Crippen molar-refractivity contribution in [1.82, 2.24) is 5.32 Å². The molecule has 0 aliphatic carbocycles. The largest absolute Gasteiger partial charge is 1.00 e. The topological polar surface area (TPSA) is 12.0 Å². The minimum absolute atomic E-state index is 0. The van der Waals surface area contributed by atoms with E-state index in [-0.39, 0.29) is 37.7 Å². The molecule has 1 nitrogen and oxygen atoms in total. The van der Waals surface area contributed by atoms with E-state index >= 15 is 0 Å². The molecule has 0 aliphatic rings. The van der Waals surface area contributed by atoms with Gasteiger partial charge in [-0.15, -0.1) is 0 Å². The smallest absolute Gasteiger partial charge is 0.312 e. The molecule has 0 fully saturated rings. The standard InChI is InChI=1S/C6H15N.2Li/c1-5(2)7-6(3)4;;/h5-7H,1-4H3;;/q;2*+1. The van der Waals surface area contributed by atoms with Crippen LogP contribution < -0.4 is 43.0 Å². The average molecular weight is 115 g/mol. The molecule has 1 N–H and O–H groups in total. The van der Waals surface area contributed by atoms with Gasteiger partial charge in [0.1, 0.15) is 0 Å². The van der Waals surface area contributed by atoms with E-state index in [0.717, 1.165) is 0 Å². The predicted octanol–water partition coefficient (Wildman–Crippen LogP) is -4.60. The van der Waals surface area contributed by atoms with Crippen molar-refractivity contribution >= 4 is 0 Å². The summed E-state index contributed by atoms with van der Waals surface area (Å²) in [6, 6.07) is 1.25. The van der Waals surface area contributed by atoms with Gasteiger partial charge in [0.25, 0.3) is 0 Å². The predicted molar refractivity (Wildman–Crippen MR) is 33.4 cm³/mol. The SMILES string of the molecule is CC(C)NC(C)C.[Li+].[Li+].